The first-order valence-corrected chi connectivity index (χ1v) is 8.47. The predicted octanol–water partition coefficient (Wildman–Crippen LogP) is 3.22. The summed E-state index contributed by atoms with van der Waals surface area (Å²) in [7, 11) is 1.56. The Hall–Kier alpha value is -2.69. The summed E-state index contributed by atoms with van der Waals surface area (Å²) in [6.45, 7) is 2.93. The number of hydrogen-bond donors (Lipinski definition) is 1. The zero-order valence-corrected chi connectivity index (χ0v) is 14.8. The van der Waals surface area contributed by atoms with E-state index in [1.54, 1.807) is 19.2 Å². The number of benzene rings is 2. The summed E-state index contributed by atoms with van der Waals surface area (Å²) < 4.78 is 16.2. The van der Waals surface area contributed by atoms with E-state index in [1.165, 1.54) is 5.56 Å². The van der Waals surface area contributed by atoms with Gasteiger partial charge in [0.1, 0.15) is 12.4 Å². The highest BCUT2D eigenvalue weighted by atomic mass is 16.5. The first-order chi connectivity index (χ1) is 12.2. The number of methoxy groups -OCH3 is 1. The third-order valence-corrected chi connectivity index (χ3v) is 3.58. The van der Waals surface area contributed by atoms with Crippen molar-refractivity contribution in [1.29, 1.82) is 0 Å². The van der Waals surface area contributed by atoms with Crippen LogP contribution in [0.2, 0.25) is 0 Å². The highest BCUT2D eigenvalue weighted by Crippen LogP contribution is 2.25. The van der Waals surface area contributed by atoms with E-state index in [2.05, 4.69) is 24.4 Å². The quantitative estimate of drug-likeness (QED) is 0.673. The van der Waals surface area contributed by atoms with E-state index in [-0.39, 0.29) is 12.5 Å². The second kappa shape index (κ2) is 10.2. The molecule has 0 bridgehead atoms. The predicted molar refractivity (Wildman–Crippen MR) is 97.4 cm³/mol. The number of carbonyl (C=O) groups is 1. The Labute approximate surface area is 148 Å². The van der Waals surface area contributed by atoms with Gasteiger partial charge in [0.2, 0.25) is 0 Å². The lowest BCUT2D eigenvalue weighted by Gasteiger charge is -2.11. The topological polar surface area (TPSA) is 56.8 Å². The molecule has 0 aliphatic heterocycles. The van der Waals surface area contributed by atoms with Crippen molar-refractivity contribution in [2.75, 3.05) is 26.9 Å². The number of hydrogen-bond acceptors (Lipinski definition) is 4. The molecule has 134 valence electrons. The van der Waals surface area contributed by atoms with E-state index >= 15 is 0 Å². The van der Waals surface area contributed by atoms with E-state index in [0.717, 1.165) is 18.6 Å². The van der Waals surface area contributed by atoms with Crippen LogP contribution in [0.5, 0.6) is 17.2 Å². The molecule has 0 atom stereocenters. The Morgan fingerprint density at radius 1 is 1.00 bits per heavy atom. The van der Waals surface area contributed by atoms with Crippen LogP contribution in [0.4, 0.5) is 0 Å². The average molecular weight is 343 g/mol. The smallest absolute Gasteiger partial charge is 0.258 e. The summed E-state index contributed by atoms with van der Waals surface area (Å²) in [6.07, 6.45) is 2.20. The Kier molecular flexibility index (Phi) is 7.63. The van der Waals surface area contributed by atoms with Crippen molar-refractivity contribution in [2.45, 2.75) is 19.8 Å². The number of nitrogens with one attached hydrogen (secondary N) is 1. The van der Waals surface area contributed by atoms with E-state index in [9.17, 15) is 4.79 Å². The monoisotopic (exact) mass is 343 g/mol. The number of rotatable bonds is 10. The van der Waals surface area contributed by atoms with Crippen LogP contribution in [0.25, 0.3) is 0 Å². The lowest BCUT2D eigenvalue weighted by molar-refractivity contribution is -0.123. The number of amides is 1. The number of aryl methyl sites for hydroxylation is 1. The van der Waals surface area contributed by atoms with Crippen LogP contribution in [0.3, 0.4) is 0 Å². The molecule has 0 aromatic heterocycles. The molecule has 0 saturated carbocycles. The van der Waals surface area contributed by atoms with Gasteiger partial charge in [-0.15, -0.1) is 0 Å². The molecule has 1 N–H and O–H groups in total. The summed E-state index contributed by atoms with van der Waals surface area (Å²) in [5.74, 6) is 1.75. The molecule has 0 heterocycles. The van der Waals surface area contributed by atoms with Gasteiger partial charge in [-0.3, -0.25) is 4.79 Å². The Morgan fingerprint density at radius 3 is 2.40 bits per heavy atom. The van der Waals surface area contributed by atoms with Gasteiger partial charge >= 0.3 is 0 Å². The molecule has 0 aliphatic rings. The maximum absolute atomic E-state index is 11.8. The summed E-state index contributed by atoms with van der Waals surface area (Å²) in [5, 5.41) is 2.76. The average Bonchev–Trinajstić information content (AvgIpc) is 2.65. The lowest BCUT2D eigenvalue weighted by Crippen LogP contribution is -2.32. The van der Waals surface area contributed by atoms with Crippen molar-refractivity contribution in [3.63, 3.8) is 0 Å². The van der Waals surface area contributed by atoms with Crippen LogP contribution in [0.15, 0.2) is 48.5 Å². The minimum Gasteiger partial charge on any atom is -0.493 e. The minimum atomic E-state index is -0.201. The summed E-state index contributed by atoms with van der Waals surface area (Å²) in [4.78, 5) is 11.8. The van der Waals surface area contributed by atoms with Crippen LogP contribution >= 0.6 is 0 Å². The molecule has 2 aromatic carbocycles. The number of carbonyl (C=O) groups excluding carboxylic acids is 1. The summed E-state index contributed by atoms with van der Waals surface area (Å²) >= 11 is 0. The molecule has 0 radical (unpaired) electrons. The lowest BCUT2D eigenvalue weighted by atomic mass is 10.1. The Morgan fingerprint density at radius 2 is 1.72 bits per heavy atom. The zero-order chi connectivity index (χ0) is 17.9. The van der Waals surface area contributed by atoms with Crippen molar-refractivity contribution in [2.24, 2.45) is 0 Å². The molecular formula is C20H25NO4. The van der Waals surface area contributed by atoms with Crippen molar-refractivity contribution < 1.29 is 19.0 Å². The van der Waals surface area contributed by atoms with Gasteiger partial charge in [-0.2, -0.15) is 0 Å². The Balaban J connectivity index is 1.65. The molecule has 0 saturated heterocycles. The summed E-state index contributed by atoms with van der Waals surface area (Å²) in [5.41, 5.74) is 1.30. The van der Waals surface area contributed by atoms with Gasteiger partial charge in [-0.25, -0.2) is 0 Å². The first kappa shape index (κ1) is 18.6. The fraction of sp³-hybridized carbons (Fsp3) is 0.350. The highest BCUT2D eigenvalue weighted by Gasteiger charge is 2.06. The van der Waals surface area contributed by atoms with Gasteiger partial charge < -0.3 is 19.5 Å². The van der Waals surface area contributed by atoms with Gasteiger partial charge in [0.15, 0.2) is 18.1 Å². The van der Waals surface area contributed by atoms with Gasteiger partial charge in [0, 0.05) is 0 Å². The molecule has 0 unspecified atom stereocenters. The molecular weight excluding hydrogens is 318 g/mol. The molecule has 5 heteroatoms. The van der Waals surface area contributed by atoms with E-state index in [0.29, 0.717) is 24.7 Å². The van der Waals surface area contributed by atoms with Crippen LogP contribution in [0, 0.1) is 0 Å². The molecule has 0 aliphatic carbocycles. The van der Waals surface area contributed by atoms with Crippen LogP contribution < -0.4 is 19.5 Å². The van der Waals surface area contributed by atoms with Crippen molar-refractivity contribution in [3.8, 4) is 17.2 Å². The largest absolute Gasteiger partial charge is 0.493 e. The molecule has 5 nitrogen and oxygen atoms in total. The first-order valence-electron chi connectivity index (χ1n) is 8.47. The Bertz CT molecular complexity index is 655. The van der Waals surface area contributed by atoms with Gasteiger partial charge in [-0.1, -0.05) is 37.6 Å². The van der Waals surface area contributed by atoms with Crippen molar-refractivity contribution >= 4 is 5.91 Å². The standard InChI is InChI=1S/C20H25NO4/c1-3-6-16-9-11-17(12-10-16)24-14-13-21-20(22)15-25-19-8-5-4-7-18(19)23-2/h4-5,7-12H,3,6,13-15H2,1-2H3,(H,21,22). The maximum atomic E-state index is 11.8. The molecule has 2 aromatic rings. The third kappa shape index (κ3) is 6.37. The van der Waals surface area contributed by atoms with Crippen LogP contribution in [-0.2, 0) is 11.2 Å². The second-order valence-corrected chi connectivity index (χ2v) is 5.53. The molecule has 2 rings (SSSR count). The van der Waals surface area contributed by atoms with Crippen molar-refractivity contribution in [1.82, 2.24) is 5.32 Å². The third-order valence-electron chi connectivity index (χ3n) is 3.58. The van der Waals surface area contributed by atoms with Crippen molar-refractivity contribution in [3.05, 3.63) is 54.1 Å². The number of para-hydroxylation sites is 2. The van der Waals surface area contributed by atoms with Gasteiger partial charge in [-0.05, 0) is 36.2 Å². The molecule has 25 heavy (non-hydrogen) atoms. The summed E-state index contributed by atoms with van der Waals surface area (Å²) in [6, 6.07) is 15.3. The number of ether oxygens (including phenoxy) is 3. The van der Waals surface area contributed by atoms with E-state index in [1.807, 2.05) is 24.3 Å². The van der Waals surface area contributed by atoms with E-state index in [4.69, 9.17) is 14.2 Å². The SMILES string of the molecule is CCCc1ccc(OCCNC(=O)COc2ccccc2OC)cc1. The van der Waals surface area contributed by atoms with Crippen LogP contribution in [-0.4, -0.2) is 32.8 Å². The molecule has 1 amide bonds. The zero-order valence-electron chi connectivity index (χ0n) is 14.8. The highest BCUT2D eigenvalue weighted by molar-refractivity contribution is 5.77. The fourth-order valence-electron chi connectivity index (χ4n) is 2.33. The fourth-order valence-corrected chi connectivity index (χ4v) is 2.33. The maximum Gasteiger partial charge on any atom is 0.258 e. The van der Waals surface area contributed by atoms with Gasteiger partial charge in [0.05, 0.1) is 13.7 Å². The minimum absolute atomic E-state index is 0.0634. The van der Waals surface area contributed by atoms with Gasteiger partial charge in [0.25, 0.3) is 5.91 Å². The molecule has 0 fully saturated rings. The second-order valence-electron chi connectivity index (χ2n) is 5.53. The molecule has 0 spiro atoms. The van der Waals surface area contributed by atoms with Crippen LogP contribution in [0.1, 0.15) is 18.9 Å². The normalized spacial score (nSPS) is 10.2. The van der Waals surface area contributed by atoms with E-state index < -0.39 is 0 Å².